The quantitative estimate of drug-likeness (QED) is 0.805. The molecule has 21 heavy (non-hydrogen) atoms. The lowest BCUT2D eigenvalue weighted by Gasteiger charge is -2.30. The molecular formula is C16H22BrFN2O. The molecule has 2 rings (SSSR count). The second kappa shape index (κ2) is 7.36. The monoisotopic (exact) mass is 356 g/mol. The van der Waals surface area contributed by atoms with E-state index in [9.17, 15) is 9.18 Å². The molecule has 1 aliphatic carbocycles. The highest BCUT2D eigenvalue weighted by Crippen LogP contribution is 2.25. The third-order valence-electron chi connectivity index (χ3n) is 3.98. The number of amides is 1. The van der Waals surface area contributed by atoms with E-state index in [1.54, 1.807) is 12.1 Å². The lowest BCUT2D eigenvalue weighted by molar-refractivity contribution is 0.0667. The van der Waals surface area contributed by atoms with Gasteiger partial charge in [-0.1, -0.05) is 12.8 Å². The van der Waals surface area contributed by atoms with Crippen LogP contribution in [0.2, 0.25) is 0 Å². The summed E-state index contributed by atoms with van der Waals surface area (Å²) in [5, 5.41) is 0. The molecule has 1 aromatic carbocycles. The van der Waals surface area contributed by atoms with Gasteiger partial charge in [-0.15, -0.1) is 0 Å². The van der Waals surface area contributed by atoms with Gasteiger partial charge in [-0.25, -0.2) is 4.39 Å². The first-order chi connectivity index (χ1) is 9.99. The molecule has 0 saturated heterocycles. The van der Waals surface area contributed by atoms with Crippen LogP contribution in [0.3, 0.4) is 0 Å². The van der Waals surface area contributed by atoms with Crippen LogP contribution < -0.4 is 0 Å². The maximum Gasteiger partial charge on any atom is 0.254 e. The number of carbonyl (C=O) groups excluding carboxylic acids is 1. The molecule has 1 amide bonds. The Morgan fingerprint density at radius 2 is 1.95 bits per heavy atom. The summed E-state index contributed by atoms with van der Waals surface area (Å²) >= 11 is 3.13. The van der Waals surface area contributed by atoms with Crippen LogP contribution in [0.5, 0.6) is 0 Å². The predicted molar refractivity (Wildman–Crippen MR) is 85.9 cm³/mol. The molecule has 0 aromatic heterocycles. The molecule has 5 heteroatoms. The van der Waals surface area contributed by atoms with Crippen LogP contribution >= 0.6 is 15.9 Å². The standard InChI is InChI=1S/C16H22BrFN2O/c1-19(2)9-10-20(13-5-3-4-6-13)16(21)12-7-8-14(17)15(18)11-12/h7-8,11,13H,3-6,9-10H2,1-2H3. The summed E-state index contributed by atoms with van der Waals surface area (Å²) in [7, 11) is 3.99. The number of nitrogens with zero attached hydrogens (tertiary/aromatic N) is 2. The zero-order valence-electron chi connectivity index (χ0n) is 12.6. The Balaban J connectivity index is 2.17. The van der Waals surface area contributed by atoms with Crippen molar-refractivity contribution in [3.63, 3.8) is 0 Å². The fraction of sp³-hybridized carbons (Fsp3) is 0.562. The maximum atomic E-state index is 13.7. The number of rotatable bonds is 5. The number of likely N-dealkylation sites (N-methyl/N-ethyl adjacent to an activating group) is 1. The summed E-state index contributed by atoms with van der Waals surface area (Å²) in [5.74, 6) is -0.449. The molecule has 1 saturated carbocycles. The van der Waals surface area contributed by atoms with E-state index in [0.717, 1.165) is 19.4 Å². The first-order valence-electron chi connectivity index (χ1n) is 7.40. The van der Waals surface area contributed by atoms with E-state index >= 15 is 0 Å². The van der Waals surface area contributed by atoms with Crippen LogP contribution in [-0.2, 0) is 0 Å². The summed E-state index contributed by atoms with van der Waals surface area (Å²) in [4.78, 5) is 16.7. The van der Waals surface area contributed by atoms with E-state index in [0.29, 0.717) is 22.6 Å². The van der Waals surface area contributed by atoms with Gasteiger partial charge in [0.1, 0.15) is 5.82 Å². The Hall–Kier alpha value is -0.940. The van der Waals surface area contributed by atoms with Crippen molar-refractivity contribution in [2.24, 2.45) is 0 Å². The van der Waals surface area contributed by atoms with E-state index in [-0.39, 0.29) is 11.7 Å². The predicted octanol–water partition coefficient (Wildman–Crippen LogP) is 3.53. The van der Waals surface area contributed by atoms with Gasteiger partial charge in [-0.05, 0) is 61.1 Å². The second-order valence-corrected chi connectivity index (χ2v) is 6.72. The molecule has 3 nitrogen and oxygen atoms in total. The molecule has 0 atom stereocenters. The van der Waals surface area contributed by atoms with E-state index in [4.69, 9.17) is 0 Å². The summed E-state index contributed by atoms with van der Waals surface area (Å²) in [6.45, 7) is 1.51. The van der Waals surface area contributed by atoms with E-state index in [2.05, 4.69) is 20.8 Å². The number of hydrogen-bond donors (Lipinski definition) is 0. The molecule has 0 N–H and O–H groups in total. The van der Waals surface area contributed by atoms with Crippen LogP contribution in [0.25, 0.3) is 0 Å². The van der Waals surface area contributed by atoms with Gasteiger partial charge in [0.15, 0.2) is 0 Å². The molecule has 0 heterocycles. The molecule has 1 fully saturated rings. The van der Waals surface area contributed by atoms with E-state index in [1.165, 1.54) is 18.9 Å². The lowest BCUT2D eigenvalue weighted by atomic mass is 10.1. The van der Waals surface area contributed by atoms with Crippen LogP contribution in [0.1, 0.15) is 36.0 Å². The van der Waals surface area contributed by atoms with Gasteiger partial charge in [0.25, 0.3) is 5.91 Å². The van der Waals surface area contributed by atoms with Crippen LogP contribution in [-0.4, -0.2) is 48.9 Å². The minimum atomic E-state index is -0.389. The average Bonchev–Trinajstić information content (AvgIpc) is 2.95. The zero-order valence-corrected chi connectivity index (χ0v) is 14.2. The van der Waals surface area contributed by atoms with Crippen molar-refractivity contribution in [1.29, 1.82) is 0 Å². The molecule has 0 unspecified atom stereocenters. The van der Waals surface area contributed by atoms with E-state index < -0.39 is 0 Å². The van der Waals surface area contributed by atoms with Crippen molar-refractivity contribution in [3.8, 4) is 0 Å². The van der Waals surface area contributed by atoms with E-state index in [1.807, 2.05) is 19.0 Å². The van der Waals surface area contributed by atoms with Crippen molar-refractivity contribution in [3.05, 3.63) is 34.1 Å². The second-order valence-electron chi connectivity index (χ2n) is 5.87. The highest BCUT2D eigenvalue weighted by molar-refractivity contribution is 9.10. The van der Waals surface area contributed by atoms with Crippen LogP contribution in [0.4, 0.5) is 4.39 Å². The average molecular weight is 357 g/mol. The summed E-state index contributed by atoms with van der Waals surface area (Å²) in [6, 6.07) is 4.91. The Bertz CT molecular complexity index is 501. The molecule has 1 aromatic rings. The minimum absolute atomic E-state index is 0.0600. The summed E-state index contributed by atoms with van der Waals surface area (Å²) in [5.41, 5.74) is 0.432. The minimum Gasteiger partial charge on any atom is -0.334 e. The highest BCUT2D eigenvalue weighted by atomic mass is 79.9. The van der Waals surface area contributed by atoms with Gasteiger partial charge in [0.05, 0.1) is 4.47 Å². The molecule has 0 aliphatic heterocycles. The third-order valence-corrected chi connectivity index (χ3v) is 4.62. The Labute approximate surface area is 134 Å². The van der Waals surface area contributed by atoms with Crippen molar-refractivity contribution in [2.45, 2.75) is 31.7 Å². The number of hydrogen-bond acceptors (Lipinski definition) is 2. The smallest absolute Gasteiger partial charge is 0.254 e. The zero-order chi connectivity index (χ0) is 15.4. The van der Waals surface area contributed by atoms with Gasteiger partial charge in [0.2, 0.25) is 0 Å². The Kier molecular flexibility index (Phi) is 5.76. The number of benzene rings is 1. The Morgan fingerprint density at radius 3 is 2.52 bits per heavy atom. The van der Waals surface area contributed by atoms with Crippen LogP contribution in [0.15, 0.2) is 22.7 Å². The topological polar surface area (TPSA) is 23.6 Å². The Morgan fingerprint density at radius 1 is 1.29 bits per heavy atom. The highest BCUT2D eigenvalue weighted by Gasteiger charge is 2.27. The van der Waals surface area contributed by atoms with Gasteiger partial charge in [0, 0.05) is 24.7 Å². The fourth-order valence-electron chi connectivity index (χ4n) is 2.77. The fourth-order valence-corrected chi connectivity index (χ4v) is 3.02. The number of carbonyl (C=O) groups is 1. The molecular weight excluding hydrogens is 335 g/mol. The van der Waals surface area contributed by atoms with Gasteiger partial charge in [-0.2, -0.15) is 0 Å². The SMILES string of the molecule is CN(C)CCN(C(=O)c1ccc(Br)c(F)c1)C1CCCC1. The first-order valence-corrected chi connectivity index (χ1v) is 8.19. The lowest BCUT2D eigenvalue weighted by Crippen LogP contribution is -2.42. The molecule has 0 radical (unpaired) electrons. The summed E-state index contributed by atoms with van der Waals surface area (Å²) in [6.07, 6.45) is 4.45. The molecule has 1 aliphatic rings. The largest absolute Gasteiger partial charge is 0.334 e. The normalized spacial score (nSPS) is 15.7. The molecule has 0 spiro atoms. The van der Waals surface area contributed by atoms with Gasteiger partial charge < -0.3 is 9.80 Å². The molecule has 116 valence electrons. The van der Waals surface area contributed by atoms with Gasteiger partial charge >= 0.3 is 0 Å². The van der Waals surface area contributed by atoms with Crippen molar-refractivity contribution < 1.29 is 9.18 Å². The van der Waals surface area contributed by atoms with Crippen molar-refractivity contribution in [2.75, 3.05) is 27.2 Å². The van der Waals surface area contributed by atoms with Gasteiger partial charge in [-0.3, -0.25) is 4.79 Å². The number of halogens is 2. The summed E-state index contributed by atoms with van der Waals surface area (Å²) < 4.78 is 14.1. The van der Waals surface area contributed by atoms with Crippen LogP contribution in [0, 0.1) is 5.82 Å². The maximum absolute atomic E-state index is 13.7. The first kappa shape index (κ1) is 16.4. The van der Waals surface area contributed by atoms with Crippen molar-refractivity contribution >= 4 is 21.8 Å². The molecule has 0 bridgehead atoms. The van der Waals surface area contributed by atoms with Crippen molar-refractivity contribution in [1.82, 2.24) is 9.80 Å². The third kappa shape index (κ3) is 4.27.